The van der Waals surface area contributed by atoms with Crippen LogP contribution in [0.15, 0.2) is 77.6 Å². The zero-order valence-corrected chi connectivity index (χ0v) is 20.4. The van der Waals surface area contributed by atoms with Crippen LogP contribution < -0.4 is 25.2 Å². The van der Waals surface area contributed by atoms with E-state index in [0.29, 0.717) is 37.7 Å². The molecule has 8 nitrogen and oxygen atoms in total. The number of amides is 1. The molecular weight excluding hydrogens is 468 g/mol. The van der Waals surface area contributed by atoms with Gasteiger partial charge >= 0.3 is 0 Å². The van der Waals surface area contributed by atoms with E-state index in [9.17, 15) is 9.59 Å². The molecule has 8 heteroatoms. The lowest BCUT2D eigenvalue weighted by Gasteiger charge is -2.32. The second kappa shape index (κ2) is 9.97. The molecule has 37 heavy (non-hydrogen) atoms. The first-order valence-electron chi connectivity index (χ1n) is 12.6. The summed E-state index contributed by atoms with van der Waals surface area (Å²) >= 11 is 0. The van der Waals surface area contributed by atoms with Gasteiger partial charge in [0.25, 0.3) is 5.56 Å². The number of nitrogens with zero attached hydrogens (tertiary/aromatic N) is 3. The number of hydrogen-bond donors (Lipinski definition) is 1. The molecule has 188 valence electrons. The molecule has 2 aliphatic rings. The fourth-order valence-electron chi connectivity index (χ4n) is 5.08. The predicted molar refractivity (Wildman–Crippen MR) is 141 cm³/mol. The van der Waals surface area contributed by atoms with E-state index in [2.05, 4.69) is 5.32 Å². The lowest BCUT2D eigenvalue weighted by molar-refractivity contribution is -0.125. The van der Waals surface area contributed by atoms with E-state index < -0.39 is 0 Å². The number of piperidine rings is 1. The van der Waals surface area contributed by atoms with Gasteiger partial charge in [-0.15, -0.1) is 0 Å². The summed E-state index contributed by atoms with van der Waals surface area (Å²) in [7, 11) is 0. The SMILES string of the molecule is O=C(NCc1ccc2c(c1)OCO2)[C@@H]1CCCN(c2nc3ccccc3n(Cc3ccccc3)c2=O)C1. The standard InChI is InChI=1S/C29H28N4O4/c34-28(30-16-21-12-13-25-26(15-21)37-19-36-25)22-9-6-14-32(18-22)27-29(35)33(17-20-7-2-1-3-8-20)24-11-5-4-10-23(24)31-27/h1-5,7-8,10-13,15,22H,6,9,14,16-19H2,(H,30,34)/t22-/m1/s1. The monoisotopic (exact) mass is 496 g/mol. The summed E-state index contributed by atoms with van der Waals surface area (Å²) in [6.45, 7) is 2.24. The molecule has 4 aromatic rings. The van der Waals surface area contributed by atoms with Gasteiger partial charge in [0.2, 0.25) is 12.7 Å². The fraction of sp³-hybridized carbons (Fsp3) is 0.276. The minimum Gasteiger partial charge on any atom is -0.454 e. The van der Waals surface area contributed by atoms with Crippen molar-refractivity contribution >= 4 is 22.8 Å². The van der Waals surface area contributed by atoms with Crippen LogP contribution in [0, 0.1) is 5.92 Å². The molecule has 3 heterocycles. The van der Waals surface area contributed by atoms with Crippen molar-refractivity contribution in [2.24, 2.45) is 5.92 Å². The molecular formula is C29H28N4O4. The molecule has 6 rings (SSSR count). The first-order valence-corrected chi connectivity index (χ1v) is 12.6. The highest BCUT2D eigenvalue weighted by Gasteiger charge is 2.28. The van der Waals surface area contributed by atoms with E-state index in [1.165, 1.54) is 0 Å². The Labute approximate surface area is 214 Å². The number of nitrogens with one attached hydrogen (secondary N) is 1. The summed E-state index contributed by atoms with van der Waals surface area (Å²) in [6.07, 6.45) is 1.59. The molecule has 0 radical (unpaired) electrons. The van der Waals surface area contributed by atoms with Crippen molar-refractivity contribution in [3.8, 4) is 11.5 Å². The van der Waals surface area contributed by atoms with Crippen molar-refractivity contribution in [1.82, 2.24) is 14.9 Å². The van der Waals surface area contributed by atoms with E-state index in [-0.39, 0.29) is 24.2 Å². The Bertz CT molecular complexity index is 1500. The summed E-state index contributed by atoms with van der Waals surface area (Å²) in [6, 6.07) is 23.3. The van der Waals surface area contributed by atoms with Gasteiger partial charge < -0.3 is 19.7 Å². The Hall–Kier alpha value is -4.33. The molecule has 1 saturated heterocycles. The first kappa shape index (κ1) is 23.1. The van der Waals surface area contributed by atoms with Crippen LogP contribution in [0.1, 0.15) is 24.0 Å². The summed E-state index contributed by atoms with van der Waals surface area (Å²) in [5, 5.41) is 3.05. The van der Waals surface area contributed by atoms with E-state index in [4.69, 9.17) is 14.5 Å². The number of para-hydroxylation sites is 2. The molecule has 1 aromatic heterocycles. The molecule has 0 bridgehead atoms. The number of benzene rings is 3. The molecule has 0 saturated carbocycles. The Morgan fingerprint density at radius 3 is 2.68 bits per heavy atom. The van der Waals surface area contributed by atoms with Gasteiger partial charge in [-0.05, 0) is 48.2 Å². The van der Waals surface area contributed by atoms with Crippen LogP contribution in [0.3, 0.4) is 0 Å². The molecule has 3 aromatic carbocycles. The number of carbonyl (C=O) groups is 1. The van der Waals surface area contributed by atoms with E-state index in [1.807, 2.05) is 77.7 Å². The first-order chi connectivity index (χ1) is 18.2. The molecule has 1 fully saturated rings. The Kier molecular flexibility index (Phi) is 6.22. The van der Waals surface area contributed by atoms with Crippen LogP contribution >= 0.6 is 0 Å². The lowest BCUT2D eigenvalue weighted by Crippen LogP contribution is -2.45. The second-order valence-corrected chi connectivity index (χ2v) is 9.49. The number of anilines is 1. The second-order valence-electron chi connectivity index (χ2n) is 9.49. The third-order valence-electron chi connectivity index (χ3n) is 7.01. The smallest absolute Gasteiger partial charge is 0.294 e. The minimum atomic E-state index is -0.224. The highest BCUT2D eigenvalue weighted by molar-refractivity contribution is 5.80. The van der Waals surface area contributed by atoms with E-state index >= 15 is 0 Å². The molecule has 0 spiro atoms. The van der Waals surface area contributed by atoms with Gasteiger partial charge in [0.05, 0.1) is 23.5 Å². The largest absolute Gasteiger partial charge is 0.454 e. The highest BCUT2D eigenvalue weighted by atomic mass is 16.7. The highest BCUT2D eigenvalue weighted by Crippen LogP contribution is 2.32. The van der Waals surface area contributed by atoms with Gasteiger partial charge in [-0.1, -0.05) is 48.5 Å². The van der Waals surface area contributed by atoms with Gasteiger partial charge in [-0.3, -0.25) is 14.2 Å². The maximum atomic E-state index is 13.7. The maximum Gasteiger partial charge on any atom is 0.294 e. The third kappa shape index (κ3) is 4.74. The number of carbonyl (C=O) groups excluding carboxylic acids is 1. The van der Waals surface area contributed by atoms with Gasteiger partial charge in [0, 0.05) is 19.6 Å². The third-order valence-corrected chi connectivity index (χ3v) is 7.01. The van der Waals surface area contributed by atoms with Crippen molar-refractivity contribution in [2.45, 2.75) is 25.9 Å². The zero-order chi connectivity index (χ0) is 25.2. The van der Waals surface area contributed by atoms with Gasteiger partial charge in [0.1, 0.15) is 0 Å². The van der Waals surface area contributed by atoms with Crippen molar-refractivity contribution in [3.05, 3.63) is 94.3 Å². The summed E-state index contributed by atoms with van der Waals surface area (Å²) < 4.78 is 12.6. The number of aromatic nitrogens is 2. The molecule has 0 unspecified atom stereocenters. The molecule has 1 N–H and O–H groups in total. The van der Waals surface area contributed by atoms with Crippen molar-refractivity contribution in [3.63, 3.8) is 0 Å². The number of hydrogen-bond acceptors (Lipinski definition) is 6. The van der Waals surface area contributed by atoms with E-state index in [1.54, 1.807) is 4.57 Å². The Morgan fingerprint density at radius 1 is 0.973 bits per heavy atom. The van der Waals surface area contributed by atoms with Crippen molar-refractivity contribution in [1.29, 1.82) is 0 Å². The quantitative estimate of drug-likeness (QED) is 0.438. The molecule has 2 aliphatic heterocycles. The van der Waals surface area contributed by atoms with Crippen LogP contribution in [0.5, 0.6) is 11.5 Å². The van der Waals surface area contributed by atoms with Gasteiger partial charge in [-0.2, -0.15) is 0 Å². The van der Waals surface area contributed by atoms with Crippen LogP contribution in [0.25, 0.3) is 11.0 Å². The van der Waals surface area contributed by atoms with E-state index in [0.717, 1.165) is 40.8 Å². The summed E-state index contributed by atoms with van der Waals surface area (Å²) in [5.74, 6) is 1.58. The molecule has 0 aliphatic carbocycles. The van der Waals surface area contributed by atoms with Gasteiger partial charge in [0.15, 0.2) is 17.3 Å². The Morgan fingerprint density at radius 2 is 1.78 bits per heavy atom. The summed E-state index contributed by atoms with van der Waals surface area (Å²) in [4.78, 5) is 33.5. The van der Waals surface area contributed by atoms with Crippen LogP contribution in [0.2, 0.25) is 0 Å². The van der Waals surface area contributed by atoms with Crippen LogP contribution in [0.4, 0.5) is 5.82 Å². The normalized spacial score (nSPS) is 16.6. The average Bonchev–Trinajstić information content (AvgIpc) is 3.42. The Balaban J connectivity index is 1.21. The van der Waals surface area contributed by atoms with Crippen LogP contribution in [-0.4, -0.2) is 35.3 Å². The van der Waals surface area contributed by atoms with Crippen molar-refractivity contribution < 1.29 is 14.3 Å². The van der Waals surface area contributed by atoms with Crippen LogP contribution in [-0.2, 0) is 17.9 Å². The number of ether oxygens (including phenoxy) is 2. The zero-order valence-electron chi connectivity index (χ0n) is 20.4. The molecule has 1 atom stereocenters. The topological polar surface area (TPSA) is 85.7 Å². The summed E-state index contributed by atoms with van der Waals surface area (Å²) in [5.41, 5.74) is 3.43. The van der Waals surface area contributed by atoms with Crippen molar-refractivity contribution in [2.75, 3.05) is 24.8 Å². The average molecular weight is 497 g/mol. The van der Waals surface area contributed by atoms with Gasteiger partial charge in [-0.25, -0.2) is 4.98 Å². The maximum absolute atomic E-state index is 13.7. The lowest BCUT2D eigenvalue weighted by atomic mass is 9.97. The minimum absolute atomic E-state index is 0.0206. The molecule has 1 amide bonds. The number of fused-ring (bicyclic) bond motifs is 2. The fourth-order valence-corrected chi connectivity index (χ4v) is 5.08. The number of rotatable bonds is 6. The predicted octanol–water partition coefficient (Wildman–Crippen LogP) is 3.71.